The van der Waals surface area contributed by atoms with Crippen LogP contribution in [0.25, 0.3) is 32.7 Å². The normalized spacial score (nSPS) is 11.1. The maximum absolute atomic E-state index is 12.0. The molecule has 18 aromatic rings. The molecule has 0 aliphatic heterocycles. The maximum atomic E-state index is 12.0. The summed E-state index contributed by atoms with van der Waals surface area (Å²) < 4.78 is 91.4. The molecule has 0 radical (unpaired) electrons. The molecule has 136 heavy (non-hydrogen) atoms. The Kier molecular flexibility index (Phi) is 30.2. The van der Waals surface area contributed by atoms with E-state index in [-0.39, 0.29) is 64.4 Å². The van der Waals surface area contributed by atoms with E-state index >= 15 is 0 Å². The zero-order chi connectivity index (χ0) is 92.1. The maximum Gasteiger partial charge on any atom is 0.124 e. The van der Waals surface area contributed by atoms with Crippen LogP contribution in [-0.4, -0.2) is 10.2 Å². The lowest BCUT2D eigenvalue weighted by molar-refractivity contribution is 0.107. The van der Waals surface area contributed by atoms with Crippen molar-refractivity contribution >= 4 is 21.5 Å². The zero-order valence-electron chi connectivity index (χ0n) is 75.2. The minimum Gasteiger partial charge on any atom is -0.507 e. The van der Waals surface area contributed by atoms with E-state index in [1.165, 1.54) is 0 Å². The van der Waals surface area contributed by atoms with Gasteiger partial charge in [-0.2, -0.15) is 0 Å². The van der Waals surface area contributed by atoms with Crippen molar-refractivity contribution in [3.05, 3.63) is 502 Å². The van der Waals surface area contributed by atoms with E-state index in [0.29, 0.717) is 133 Å². The zero-order valence-corrected chi connectivity index (χ0v) is 75.2. The van der Waals surface area contributed by atoms with Crippen molar-refractivity contribution in [1.29, 1.82) is 0 Å². The average molecular weight is 1800 g/mol. The molecule has 0 bridgehead atoms. The molecule has 0 heterocycles. The number of aromatic hydroxyl groups is 2. The molecule has 18 aromatic carbocycles. The Balaban J connectivity index is 0.578. The van der Waals surface area contributed by atoms with Crippen LogP contribution in [0.5, 0.6) is 80.5 Å². The van der Waals surface area contributed by atoms with Gasteiger partial charge in [0.1, 0.15) is 160 Å². The molecule has 16 heteroatoms. The highest BCUT2D eigenvalue weighted by Crippen LogP contribution is 2.46. The van der Waals surface area contributed by atoms with Crippen molar-refractivity contribution < 1.29 is 76.5 Å². The Morgan fingerprint density at radius 3 is 0.478 bits per heavy atom. The molecule has 0 saturated heterocycles. The Morgan fingerprint density at radius 1 is 0.132 bits per heavy atom. The van der Waals surface area contributed by atoms with Gasteiger partial charge in [0.2, 0.25) is 0 Å². The second kappa shape index (κ2) is 45.6. The van der Waals surface area contributed by atoms with Crippen molar-refractivity contribution in [1.82, 2.24) is 0 Å². The quantitative estimate of drug-likeness (QED) is 0.0369. The van der Waals surface area contributed by atoms with Crippen LogP contribution in [0.1, 0.15) is 89.0 Å². The summed E-state index contributed by atoms with van der Waals surface area (Å²) in [6.45, 7) is 4.51. The summed E-state index contributed by atoms with van der Waals surface area (Å²) in [5.41, 5.74) is 16.0. The van der Waals surface area contributed by atoms with Crippen molar-refractivity contribution in [2.45, 2.75) is 106 Å². The Labute approximate surface area is 792 Å². The highest BCUT2D eigenvalue weighted by molar-refractivity contribution is 6.10. The standard InChI is InChI=1S/C120H102O16/c121-117-47-43-101-49-93(69-123-71-95-51-103(133-81-97-55-107(125-73-85-25-9-1-10-26-85)65-108(56-97)126-74-86-27-11-2-12-28-86)63-104(52-95)134-82-98-57-109(127-75-87-29-13-3-14-30-87)66-110(58-98)128-76-88-31-15-4-16-32-88)41-45-115(101)119(117)120-116-46-42-94(50-102(116)44-48-118(120)122)70-124-72-96-53-105(135-83-99-59-111(129-77-89-33-17-5-18-34-89)67-112(60-99)130-78-90-35-19-6-20-36-90)64-106(54-96)136-84-100-61-113(131-79-91-37-21-7-22-38-91)68-114(62-100)132-80-92-39-23-8-24-40-92/h1-68,121-122H,69-84H2. The topological polar surface area (TPSA) is 170 Å². The van der Waals surface area contributed by atoms with Gasteiger partial charge in [-0.1, -0.05) is 279 Å². The minimum absolute atomic E-state index is 0.0150. The molecule has 0 amide bonds. The second-order valence-electron chi connectivity index (χ2n) is 33.2. The third kappa shape index (κ3) is 26.1. The summed E-state index contributed by atoms with van der Waals surface area (Å²) in [5, 5.41) is 27.1. The second-order valence-corrected chi connectivity index (χ2v) is 33.2. The lowest BCUT2D eigenvalue weighted by atomic mass is 9.91. The first-order valence-corrected chi connectivity index (χ1v) is 45.4. The third-order valence-corrected chi connectivity index (χ3v) is 22.7. The summed E-state index contributed by atoms with van der Waals surface area (Å²) in [4.78, 5) is 0. The van der Waals surface area contributed by atoms with E-state index in [9.17, 15) is 10.2 Å². The van der Waals surface area contributed by atoms with Gasteiger partial charge in [-0.05, 0) is 208 Å². The number of hydrogen-bond donors (Lipinski definition) is 2. The third-order valence-electron chi connectivity index (χ3n) is 22.7. The molecule has 18 rings (SSSR count). The molecule has 0 unspecified atom stereocenters. The van der Waals surface area contributed by atoms with E-state index < -0.39 is 0 Å². The number of benzene rings is 18. The highest BCUT2D eigenvalue weighted by Gasteiger charge is 2.21. The van der Waals surface area contributed by atoms with Gasteiger partial charge in [0, 0.05) is 47.5 Å². The van der Waals surface area contributed by atoms with Crippen LogP contribution < -0.4 is 56.8 Å². The van der Waals surface area contributed by atoms with Gasteiger partial charge in [-0.3, -0.25) is 0 Å². The van der Waals surface area contributed by atoms with E-state index in [2.05, 4.69) is 12.1 Å². The number of phenolic OH excluding ortho intramolecular Hbond substituents is 2. The lowest BCUT2D eigenvalue weighted by Gasteiger charge is -2.16. The van der Waals surface area contributed by atoms with Crippen LogP contribution in [0.2, 0.25) is 0 Å². The van der Waals surface area contributed by atoms with Crippen molar-refractivity contribution in [3.63, 3.8) is 0 Å². The Hall–Kier alpha value is -16.4. The van der Waals surface area contributed by atoms with Crippen molar-refractivity contribution in [3.8, 4) is 91.6 Å². The largest absolute Gasteiger partial charge is 0.507 e. The molecule has 0 spiro atoms. The van der Waals surface area contributed by atoms with Crippen LogP contribution in [-0.2, 0) is 115 Å². The molecule has 0 aliphatic rings. The molecule has 0 aliphatic carbocycles. The molecule has 16 nitrogen and oxygen atoms in total. The summed E-state index contributed by atoms with van der Waals surface area (Å²) in [6.07, 6.45) is 0. The summed E-state index contributed by atoms with van der Waals surface area (Å²) in [6, 6.07) is 135. The smallest absolute Gasteiger partial charge is 0.124 e. The predicted molar refractivity (Wildman–Crippen MR) is 529 cm³/mol. The molecular weight excluding hydrogens is 1700 g/mol. The van der Waals surface area contributed by atoms with E-state index in [4.69, 9.17) is 66.3 Å². The van der Waals surface area contributed by atoms with Gasteiger partial charge in [0.25, 0.3) is 0 Å². The fourth-order valence-electron chi connectivity index (χ4n) is 15.9. The number of ether oxygens (including phenoxy) is 14. The molecular formula is C120H102O16. The van der Waals surface area contributed by atoms with Crippen LogP contribution in [0.15, 0.2) is 413 Å². The number of fused-ring (bicyclic) bond motifs is 2. The molecule has 0 saturated carbocycles. The van der Waals surface area contributed by atoms with Gasteiger partial charge in [0.15, 0.2) is 0 Å². The number of phenols is 2. The number of rotatable bonds is 45. The van der Waals surface area contributed by atoms with Crippen molar-refractivity contribution in [2.75, 3.05) is 0 Å². The van der Waals surface area contributed by atoms with Gasteiger partial charge < -0.3 is 76.5 Å². The predicted octanol–water partition coefficient (Wildman–Crippen LogP) is 27.5. The fraction of sp³-hybridized carbons (Fsp3) is 0.133. The Morgan fingerprint density at radius 2 is 0.294 bits per heavy atom. The summed E-state index contributed by atoms with van der Waals surface area (Å²) in [7, 11) is 0. The van der Waals surface area contributed by atoms with Gasteiger partial charge in [-0.15, -0.1) is 0 Å². The first kappa shape index (κ1) is 90.2. The molecule has 0 atom stereocenters. The first-order valence-electron chi connectivity index (χ1n) is 45.4. The monoisotopic (exact) mass is 1800 g/mol. The lowest BCUT2D eigenvalue weighted by Crippen LogP contribution is -2.03. The molecule has 0 aromatic heterocycles. The van der Waals surface area contributed by atoms with Crippen LogP contribution in [0, 0.1) is 0 Å². The SMILES string of the molecule is Oc1ccc2cc(COCc3cc(OCc4cc(OCc5ccccc5)cc(OCc5ccccc5)c4)cc(OCc4cc(OCc5ccccc5)cc(OCc5ccccc5)c4)c3)ccc2c1-c1c(O)ccc2cc(COCc3cc(OCc4cc(OCc5ccccc5)cc(OCc5ccccc5)c4)cc(OCc4cc(OCc5ccccc5)cc(OCc5ccccc5)c4)c3)ccc12. The Bertz CT molecular complexity index is 5960. The molecule has 678 valence electrons. The van der Waals surface area contributed by atoms with Crippen LogP contribution in [0.4, 0.5) is 0 Å². The average Bonchev–Trinajstić information content (AvgIpc) is 0.751. The summed E-state index contributed by atoms with van der Waals surface area (Å²) in [5.74, 6) is 7.37. The van der Waals surface area contributed by atoms with E-state index in [1.54, 1.807) is 12.1 Å². The summed E-state index contributed by atoms with van der Waals surface area (Å²) >= 11 is 0. The van der Waals surface area contributed by atoms with Gasteiger partial charge in [-0.25, -0.2) is 0 Å². The van der Waals surface area contributed by atoms with Gasteiger partial charge in [0.05, 0.1) is 26.4 Å². The van der Waals surface area contributed by atoms with Crippen LogP contribution in [0.3, 0.4) is 0 Å². The minimum atomic E-state index is 0.0150. The van der Waals surface area contributed by atoms with Crippen molar-refractivity contribution in [2.24, 2.45) is 0 Å². The number of hydrogen-bond acceptors (Lipinski definition) is 16. The molecule has 0 fully saturated rings. The van der Waals surface area contributed by atoms with E-state index in [1.807, 2.05) is 388 Å². The fourth-order valence-corrected chi connectivity index (χ4v) is 15.9. The van der Waals surface area contributed by atoms with Gasteiger partial charge >= 0.3 is 0 Å². The first-order chi connectivity index (χ1) is 67.0. The highest BCUT2D eigenvalue weighted by atomic mass is 16.5. The van der Waals surface area contributed by atoms with Crippen LogP contribution >= 0.6 is 0 Å². The molecule has 2 N–H and O–H groups in total. The van der Waals surface area contributed by atoms with E-state index in [0.717, 1.165) is 111 Å².